The lowest BCUT2D eigenvalue weighted by Crippen LogP contribution is -2.34. The van der Waals surface area contributed by atoms with Crippen molar-refractivity contribution in [3.63, 3.8) is 0 Å². The topological polar surface area (TPSA) is 72.9 Å². The van der Waals surface area contributed by atoms with Crippen LogP contribution >= 0.6 is 35.0 Å². The van der Waals surface area contributed by atoms with E-state index in [9.17, 15) is 14.4 Å². The van der Waals surface area contributed by atoms with E-state index >= 15 is 0 Å². The van der Waals surface area contributed by atoms with E-state index in [4.69, 9.17) is 32.7 Å². The summed E-state index contributed by atoms with van der Waals surface area (Å²) in [5.74, 6) is -0.846. The number of hydrogen-bond acceptors (Lipinski definition) is 6. The number of rotatable bonds is 6. The average molecular weight is 404 g/mol. The van der Waals surface area contributed by atoms with Crippen molar-refractivity contribution in [2.24, 2.45) is 0 Å². The molecule has 25 heavy (non-hydrogen) atoms. The molecule has 1 aliphatic rings. The number of halogens is 2. The molecule has 0 spiro atoms. The number of imide groups is 1. The van der Waals surface area contributed by atoms with Gasteiger partial charge in [-0.2, -0.15) is 0 Å². The second kappa shape index (κ2) is 8.60. The van der Waals surface area contributed by atoms with Gasteiger partial charge in [0, 0.05) is 0 Å². The first kappa shape index (κ1) is 19.6. The van der Waals surface area contributed by atoms with Crippen LogP contribution in [0.3, 0.4) is 0 Å². The van der Waals surface area contributed by atoms with Crippen LogP contribution in [-0.4, -0.2) is 41.8 Å². The van der Waals surface area contributed by atoms with Gasteiger partial charge < -0.3 is 9.47 Å². The molecule has 0 aromatic heterocycles. The van der Waals surface area contributed by atoms with Crippen molar-refractivity contribution >= 4 is 58.2 Å². The van der Waals surface area contributed by atoms with E-state index < -0.39 is 23.7 Å². The number of nitrogens with zero attached hydrogens (tertiary/aromatic N) is 1. The number of thioether (sulfide) groups is 1. The van der Waals surface area contributed by atoms with Gasteiger partial charge in [0.25, 0.3) is 11.1 Å². The van der Waals surface area contributed by atoms with Crippen molar-refractivity contribution in [2.45, 2.75) is 13.8 Å². The summed E-state index contributed by atoms with van der Waals surface area (Å²) in [6.45, 7) is 3.62. The maximum Gasteiger partial charge on any atom is 0.326 e. The predicted molar refractivity (Wildman–Crippen MR) is 96.9 cm³/mol. The average Bonchev–Trinajstić information content (AvgIpc) is 2.79. The lowest BCUT2D eigenvalue weighted by atomic mass is 10.2. The Morgan fingerprint density at radius 1 is 1.20 bits per heavy atom. The Labute approximate surface area is 159 Å². The largest absolute Gasteiger partial charge is 0.491 e. The molecule has 0 unspecified atom stereocenters. The maximum atomic E-state index is 12.3. The van der Waals surface area contributed by atoms with Crippen LogP contribution in [0, 0.1) is 0 Å². The first-order chi connectivity index (χ1) is 11.9. The minimum atomic E-state index is -0.641. The van der Waals surface area contributed by atoms with Gasteiger partial charge in [-0.3, -0.25) is 19.3 Å². The van der Waals surface area contributed by atoms with Gasteiger partial charge in [0.1, 0.15) is 6.54 Å². The molecular weight excluding hydrogens is 389 g/mol. The zero-order valence-corrected chi connectivity index (χ0v) is 15.8. The fraction of sp³-hybridized carbons (Fsp3) is 0.312. The zero-order chi connectivity index (χ0) is 18.6. The third-order valence-corrected chi connectivity index (χ3v) is 4.54. The highest BCUT2D eigenvalue weighted by Gasteiger charge is 2.36. The molecule has 1 aromatic rings. The molecular formula is C16H15Cl2NO5S. The van der Waals surface area contributed by atoms with E-state index in [0.717, 1.165) is 16.7 Å². The van der Waals surface area contributed by atoms with Crippen LogP contribution in [0.5, 0.6) is 5.75 Å². The minimum Gasteiger partial charge on any atom is -0.491 e. The quantitative estimate of drug-likeness (QED) is 0.527. The fourth-order valence-corrected chi connectivity index (χ4v) is 3.52. The third-order valence-electron chi connectivity index (χ3n) is 3.07. The van der Waals surface area contributed by atoms with E-state index in [1.165, 1.54) is 6.08 Å². The number of ether oxygens (including phenoxy) is 2. The van der Waals surface area contributed by atoms with Crippen molar-refractivity contribution in [3.05, 3.63) is 32.6 Å². The molecule has 1 aliphatic heterocycles. The Morgan fingerprint density at radius 2 is 1.84 bits per heavy atom. The van der Waals surface area contributed by atoms with Crippen molar-refractivity contribution in [1.82, 2.24) is 4.90 Å². The Bertz CT molecular complexity index is 727. The van der Waals surface area contributed by atoms with Crippen molar-refractivity contribution < 1.29 is 23.9 Å². The summed E-state index contributed by atoms with van der Waals surface area (Å²) in [4.78, 5) is 36.8. The van der Waals surface area contributed by atoms with Gasteiger partial charge in [0.15, 0.2) is 5.75 Å². The molecule has 1 heterocycles. The highest BCUT2D eigenvalue weighted by Crippen LogP contribution is 2.37. The summed E-state index contributed by atoms with van der Waals surface area (Å²) in [7, 11) is 0. The number of benzene rings is 1. The molecule has 0 bridgehead atoms. The van der Waals surface area contributed by atoms with Crippen LogP contribution in [0.15, 0.2) is 17.0 Å². The molecule has 0 aliphatic carbocycles. The summed E-state index contributed by atoms with van der Waals surface area (Å²) in [5.41, 5.74) is 0.542. The van der Waals surface area contributed by atoms with Gasteiger partial charge in [-0.1, -0.05) is 23.2 Å². The Morgan fingerprint density at radius 3 is 2.40 bits per heavy atom. The monoisotopic (exact) mass is 403 g/mol. The lowest BCUT2D eigenvalue weighted by Gasteiger charge is -2.11. The van der Waals surface area contributed by atoms with E-state index in [1.54, 1.807) is 26.0 Å². The standard InChI is InChI=1S/C16H15Cl2NO5S/c1-3-23-13(20)8-19-15(21)12(25-16(19)22)7-9-5-10(17)14(24-4-2)11(18)6-9/h5-7H,3-4,8H2,1-2H3/b12-7-. The van der Waals surface area contributed by atoms with Crippen molar-refractivity contribution in [3.8, 4) is 5.75 Å². The minimum absolute atomic E-state index is 0.172. The van der Waals surface area contributed by atoms with Crippen LogP contribution in [0.2, 0.25) is 10.0 Å². The van der Waals surface area contributed by atoms with Crippen LogP contribution in [-0.2, 0) is 14.3 Å². The molecule has 0 N–H and O–H groups in total. The molecule has 1 saturated heterocycles. The molecule has 1 fully saturated rings. The van der Waals surface area contributed by atoms with Crippen LogP contribution in [0.1, 0.15) is 19.4 Å². The van der Waals surface area contributed by atoms with Gasteiger partial charge in [-0.15, -0.1) is 0 Å². The third kappa shape index (κ3) is 4.68. The highest BCUT2D eigenvalue weighted by molar-refractivity contribution is 8.18. The molecule has 1 aromatic carbocycles. The van der Waals surface area contributed by atoms with Gasteiger partial charge in [0.05, 0.1) is 28.2 Å². The van der Waals surface area contributed by atoms with E-state index in [2.05, 4.69) is 0 Å². The lowest BCUT2D eigenvalue weighted by molar-refractivity contribution is -0.145. The van der Waals surface area contributed by atoms with Gasteiger partial charge in [-0.25, -0.2) is 0 Å². The molecule has 0 atom stereocenters. The maximum absolute atomic E-state index is 12.3. The zero-order valence-electron chi connectivity index (χ0n) is 13.5. The smallest absolute Gasteiger partial charge is 0.326 e. The molecule has 6 nitrogen and oxygen atoms in total. The van der Waals surface area contributed by atoms with E-state index in [1.807, 2.05) is 0 Å². The van der Waals surface area contributed by atoms with Gasteiger partial charge in [-0.05, 0) is 49.4 Å². The number of carbonyl (C=O) groups excluding carboxylic acids is 3. The summed E-state index contributed by atoms with van der Waals surface area (Å²) in [5, 5.41) is 0.0603. The molecule has 0 radical (unpaired) electrons. The molecule has 0 saturated carbocycles. The van der Waals surface area contributed by atoms with Crippen LogP contribution in [0.4, 0.5) is 4.79 Å². The summed E-state index contributed by atoms with van der Waals surface area (Å²) in [6, 6.07) is 3.16. The second-order valence-electron chi connectivity index (χ2n) is 4.82. The summed E-state index contributed by atoms with van der Waals surface area (Å²) < 4.78 is 10.1. The molecule has 2 rings (SSSR count). The molecule has 9 heteroatoms. The van der Waals surface area contributed by atoms with Crippen molar-refractivity contribution in [2.75, 3.05) is 19.8 Å². The summed E-state index contributed by atoms with van der Waals surface area (Å²) >= 11 is 13.0. The highest BCUT2D eigenvalue weighted by atomic mass is 35.5. The van der Waals surface area contributed by atoms with E-state index in [-0.39, 0.29) is 11.5 Å². The first-order valence-electron chi connectivity index (χ1n) is 7.40. The Balaban J connectivity index is 2.23. The molecule has 2 amide bonds. The predicted octanol–water partition coefficient (Wildman–Crippen LogP) is 3.99. The fourth-order valence-electron chi connectivity index (χ4n) is 2.07. The van der Waals surface area contributed by atoms with Crippen LogP contribution in [0.25, 0.3) is 6.08 Å². The SMILES string of the molecule is CCOC(=O)CN1C(=O)S/C(=C\c2cc(Cl)c(OCC)c(Cl)c2)C1=O. The Kier molecular flexibility index (Phi) is 6.75. The van der Waals surface area contributed by atoms with Gasteiger partial charge >= 0.3 is 5.97 Å². The number of carbonyl (C=O) groups is 3. The number of amides is 2. The van der Waals surface area contributed by atoms with E-state index in [0.29, 0.717) is 28.0 Å². The summed E-state index contributed by atoms with van der Waals surface area (Å²) in [6.07, 6.45) is 1.49. The number of esters is 1. The Hall–Kier alpha value is -1.70. The van der Waals surface area contributed by atoms with Crippen LogP contribution < -0.4 is 4.74 Å². The van der Waals surface area contributed by atoms with Gasteiger partial charge in [0.2, 0.25) is 0 Å². The normalized spacial score (nSPS) is 15.8. The second-order valence-corrected chi connectivity index (χ2v) is 6.63. The molecule has 134 valence electrons. The number of hydrogen-bond donors (Lipinski definition) is 0. The first-order valence-corrected chi connectivity index (χ1v) is 8.97. The van der Waals surface area contributed by atoms with Crippen molar-refractivity contribution in [1.29, 1.82) is 0 Å².